The summed E-state index contributed by atoms with van der Waals surface area (Å²) in [6, 6.07) is 4.27. The number of carboxylic acid groups (broad SMARTS) is 1. The Hall–Kier alpha value is -1.73. The number of para-hydroxylation sites is 1. The first-order valence-electron chi connectivity index (χ1n) is 6.61. The number of hydrogen-bond acceptors (Lipinski definition) is 4. The van der Waals surface area contributed by atoms with Crippen LogP contribution in [0.5, 0.6) is 0 Å². The highest BCUT2D eigenvalue weighted by Gasteiger charge is 2.37. The number of nitro groups is 1. The zero-order valence-electron chi connectivity index (χ0n) is 13.0. The van der Waals surface area contributed by atoms with Crippen LogP contribution in [0.2, 0.25) is 18.1 Å². The lowest BCUT2D eigenvalue weighted by atomic mass is 10.1. The summed E-state index contributed by atoms with van der Waals surface area (Å²) < 4.78 is 5.95. The Morgan fingerprint density at radius 3 is 2.38 bits per heavy atom. The molecule has 0 aliphatic rings. The molecule has 0 bridgehead atoms. The van der Waals surface area contributed by atoms with Crippen molar-refractivity contribution in [2.75, 3.05) is 0 Å². The number of nitrogens with zero attached hydrogens (tertiary/aromatic N) is 1. The summed E-state index contributed by atoms with van der Waals surface area (Å²) in [6.07, 6.45) is 0. The van der Waals surface area contributed by atoms with E-state index < -0.39 is 19.2 Å². The molecule has 0 atom stereocenters. The van der Waals surface area contributed by atoms with Gasteiger partial charge in [0.25, 0.3) is 5.69 Å². The van der Waals surface area contributed by atoms with E-state index in [0.29, 0.717) is 5.56 Å². The van der Waals surface area contributed by atoms with Crippen LogP contribution in [0.3, 0.4) is 0 Å². The maximum absolute atomic E-state index is 11.2. The summed E-state index contributed by atoms with van der Waals surface area (Å²) in [5.41, 5.74) is -0.398. The van der Waals surface area contributed by atoms with Gasteiger partial charge in [0.2, 0.25) is 0 Å². The molecule has 0 fully saturated rings. The van der Waals surface area contributed by atoms with Gasteiger partial charge in [-0.25, -0.2) is 4.79 Å². The van der Waals surface area contributed by atoms with E-state index in [2.05, 4.69) is 20.8 Å². The maximum Gasteiger partial charge on any atom is 0.342 e. The quantitative estimate of drug-likeness (QED) is 0.507. The van der Waals surface area contributed by atoms with Crippen molar-refractivity contribution in [3.63, 3.8) is 0 Å². The van der Waals surface area contributed by atoms with Crippen molar-refractivity contribution in [3.05, 3.63) is 39.4 Å². The Kier molecular flexibility index (Phi) is 4.90. The van der Waals surface area contributed by atoms with Gasteiger partial charge in [0, 0.05) is 0 Å². The molecular weight excluding hydrogens is 290 g/mol. The number of aromatic carboxylic acids is 1. The van der Waals surface area contributed by atoms with Gasteiger partial charge in [0.15, 0.2) is 8.32 Å². The topological polar surface area (TPSA) is 89.7 Å². The van der Waals surface area contributed by atoms with Crippen LogP contribution in [0.25, 0.3) is 0 Å². The van der Waals surface area contributed by atoms with Crippen LogP contribution in [-0.4, -0.2) is 24.3 Å². The molecule has 0 amide bonds. The Bertz CT molecular complexity index is 563. The third kappa shape index (κ3) is 3.89. The fourth-order valence-corrected chi connectivity index (χ4v) is 2.52. The van der Waals surface area contributed by atoms with E-state index in [1.807, 2.05) is 13.1 Å². The Labute approximate surface area is 125 Å². The SMILES string of the molecule is CC(C)(C)[Si](C)(C)OCc1cccc(C(=O)O)c1[N+](=O)[O-]. The van der Waals surface area contributed by atoms with E-state index in [1.54, 1.807) is 0 Å². The normalized spacial score (nSPS) is 12.2. The van der Waals surface area contributed by atoms with Crippen molar-refractivity contribution in [2.24, 2.45) is 0 Å². The first kappa shape index (κ1) is 17.3. The number of carbonyl (C=O) groups is 1. The molecule has 7 heteroatoms. The lowest BCUT2D eigenvalue weighted by Crippen LogP contribution is -2.40. The molecule has 0 radical (unpaired) electrons. The second-order valence-corrected chi connectivity index (χ2v) is 11.2. The first-order chi connectivity index (χ1) is 9.47. The van der Waals surface area contributed by atoms with Gasteiger partial charge in [-0.15, -0.1) is 0 Å². The van der Waals surface area contributed by atoms with E-state index in [9.17, 15) is 14.9 Å². The lowest BCUT2D eigenvalue weighted by Gasteiger charge is -2.36. The molecule has 21 heavy (non-hydrogen) atoms. The number of benzene rings is 1. The van der Waals surface area contributed by atoms with Gasteiger partial charge in [-0.05, 0) is 30.3 Å². The molecular formula is C14H21NO5Si. The van der Waals surface area contributed by atoms with E-state index in [1.165, 1.54) is 18.2 Å². The standard InChI is InChI=1S/C14H21NO5Si/c1-14(2,3)21(4,5)20-9-10-7-6-8-11(13(16)17)12(10)15(18)19/h6-8H,9H2,1-5H3,(H,16,17). The molecule has 0 saturated heterocycles. The Balaban J connectivity index is 3.13. The van der Waals surface area contributed by atoms with Crippen molar-refractivity contribution < 1.29 is 19.3 Å². The van der Waals surface area contributed by atoms with Crippen molar-refractivity contribution in [1.82, 2.24) is 0 Å². The maximum atomic E-state index is 11.2. The number of carboxylic acids is 1. The molecule has 1 rings (SSSR count). The molecule has 0 unspecified atom stereocenters. The molecule has 116 valence electrons. The fourth-order valence-electron chi connectivity index (χ4n) is 1.57. The molecule has 0 saturated carbocycles. The van der Waals surface area contributed by atoms with Crippen LogP contribution >= 0.6 is 0 Å². The smallest absolute Gasteiger partial charge is 0.342 e. The predicted molar refractivity (Wildman–Crippen MR) is 82.0 cm³/mol. The summed E-state index contributed by atoms with van der Waals surface area (Å²) >= 11 is 0. The molecule has 1 aromatic carbocycles. The highest BCUT2D eigenvalue weighted by molar-refractivity contribution is 6.74. The van der Waals surface area contributed by atoms with E-state index >= 15 is 0 Å². The van der Waals surface area contributed by atoms with Gasteiger partial charge in [-0.1, -0.05) is 26.8 Å². The molecule has 1 aromatic rings. The van der Waals surface area contributed by atoms with Crippen LogP contribution < -0.4 is 0 Å². The number of hydrogen-bond donors (Lipinski definition) is 1. The van der Waals surface area contributed by atoms with Crippen molar-refractivity contribution in [3.8, 4) is 0 Å². The van der Waals surface area contributed by atoms with Gasteiger partial charge in [0.05, 0.1) is 17.1 Å². The molecule has 6 nitrogen and oxygen atoms in total. The van der Waals surface area contributed by atoms with E-state index in [-0.39, 0.29) is 22.9 Å². The van der Waals surface area contributed by atoms with Crippen LogP contribution in [-0.2, 0) is 11.0 Å². The summed E-state index contributed by atoms with van der Waals surface area (Å²) in [5.74, 6) is -1.31. The number of nitro benzene ring substituents is 1. The third-order valence-corrected chi connectivity index (χ3v) is 8.41. The van der Waals surface area contributed by atoms with Gasteiger partial charge >= 0.3 is 5.97 Å². The minimum absolute atomic E-state index is 0.0216. The van der Waals surface area contributed by atoms with E-state index in [4.69, 9.17) is 9.53 Å². The Morgan fingerprint density at radius 2 is 1.95 bits per heavy atom. The summed E-state index contributed by atoms with van der Waals surface area (Å²) in [4.78, 5) is 21.6. The van der Waals surface area contributed by atoms with Crippen LogP contribution in [0, 0.1) is 10.1 Å². The minimum atomic E-state index is -2.06. The largest absolute Gasteiger partial charge is 0.477 e. The second kappa shape index (κ2) is 5.95. The van der Waals surface area contributed by atoms with Crippen LogP contribution in [0.4, 0.5) is 5.69 Å². The fraction of sp³-hybridized carbons (Fsp3) is 0.500. The zero-order valence-corrected chi connectivity index (χ0v) is 14.0. The monoisotopic (exact) mass is 311 g/mol. The highest BCUT2D eigenvalue weighted by atomic mass is 28.4. The average Bonchev–Trinajstić information content (AvgIpc) is 2.34. The van der Waals surface area contributed by atoms with Crippen molar-refractivity contribution in [1.29, 1.82) is 0 Å². The van der Waals surface area contributed by atoms with Crippen molar-refractivity contribution >= 4 is 20.0 Å². The lowest BCUT2D eigenvalue weighted by molar-refractivity contribution is -0.386. The van der Waals surface area contributed by atoms with E-state index in [0.717, 1.165) is 0 Å². The predicted octanol–water partition coefficient (Wildman–Crippen LogP) is 3.81. The summed E-state index contributed by atoms with van der Waals surface area (Å²) in [6.45, 7) is 10.3. The van der Waals surface area contributed by atoms with Crippen LogP contribution in [0.15, 0.2) is 18.2 Å². The number of rotatable bonds is 5. The molecule has 0 spiro atoms. The Morgan fingerprint density at radius 1 is 1.38 bits per heavy atom. The minimum Gasteiger partial charge on any atom is -0.477 e. The van der Waals surface area contributed by atoms with Gasteiger partial charge in [-0.3, -0.25) is 10.1 Å². The summed E-state index contributed by atoms with van der Waals surface area (Å²) in [5, 5.41) is 20.2. The van der Waals surface area contributed by atoms with Gasteiger partial charge < -0.3 is 9.53 Å². The zero-order chi connectivity index (χ0) is 16.4. The molecule has 0 aliphatic carbocycles. The van der Waals surface area contributed by atoms with Gasteiger partial charge in [0.1, 0.15) is 5.56 Å². The molecule has 0 aliphatic heterocycles. The molecule has 0 aromatic heterocycles. The van der Waals surface area contributed by atoms with Crippen LogP contribution in [0.1, 0.15) is 36.7 Å². The molecule has 0 heterocycles. The first-order valence-corrected chi connectivity index (χ1v) is 9.52. The summed E-state index contributed by atoms with van der Waals surface area (Å²) in [7, 11) is -2.06. The highest BCUT2D eigenvalue weighted by Crippen LogP contribution is 2.37. The van der Waals surface area contributed by atoms with Gasteiger partial charge in [-0.2, -0.15) is 0 Å². The second-order valence-electron chi connectivity index (χ2n) is 6.42. The van der Waals surface area contributed by atoms with Crippen molar-refractivity contribution in [2.45, 2.75) is 45.5 Å². The average molecular weight is 311 g/mol. The third-order valence-electron chi connectivity index (χ3n) is 3.93. The molecule has 1 N–H and O–H groups in total.